The fourth-order valence-corrected chi connectivity index (χ4v) is 5.98. The molecule has 1 atom stereocenters. The average Bonchev–Trinajstić information content (AvgIpc) is 3.30. The Morgan fingerprint density at radius 1 is 1.00 bits per heavy atom. The number of hydrogen-bond donors (Lipinski definition) is 0. The summed E-state index contributed by atoms with van der Waals surface area (Å²) in [4.78, 5) is 2.32. The van der Waals surface area contributed by atoms with Gasteiger partial charge in [0.2, 0.25) is 10.0 Å². The van der Waals surface area contributed by atoms with Crippen LogP contribution in [-0.4, -0.2) is 31.9 Å². The predicted octanol–water partition coefficient (Wildman–Crippen LogP) is 5.99. The van der Waals surface area contributed by atoms with Gasteiger partial charge in [0.15, 0.2) is 0 Å². The monoisotopic (exact) mass is 519 g/mol. The van der Waals surface area contributed by atoms with Crippen molar-refractivity contribution in [1.82, 2.24) is 4.31 Å². The van der Waals surface area contributed by atoms with E-state index in [1.165, 1.54) is 16.4 Å². The zero-order chi connectivity index (χ0) is 23.6. The molecule has 1 saturated heterocycles. The summed E-state index contributed by atoms with van der Waals surface area (Å²) in [5.41, 5.74) is 2.10. The zero-order valence-electron chi connectivity index (χ0n) is 17.5. The molecule has 1 heterocycles. The molecule has 3 aromatic carbocycles. The third-order valence-corrected chi connectivity index (χ3v) is 8.53. The van der Waals surface area contributed by atoms with Gasteiger partial charge >= 0.3 is 0 Å². The Morgan fingerprint density at radius 3 is 2.39 bits per heavy atom. The van der Waals surface area contributed by atoms with Crippen molar-refractivity contribution in [1.29, 1.82) is 5.26 Å². The van der Waals surface area contributed by atoms with E-state index in [4.69, 9.17) is 34.8 Å². The number of nitrogens with zero attached hydrogens (tertiary/aromatic N) is 3. The lowest BCUT2D eigenvalue weighted by molar-refractivity contribution is 0.468. The number of rotatable bonds is 6. The molecular formula is C24H20Cl3N3O2S. The number of hydrogen-bond acceptors (Lipinski definition) is 4. The van der Waals surface area contributed by atoms with Crippen LogP contribution in [0.1, 0.15) is 17.5 Å². The molecule has 0 amide bonds. The lowest BCUT2D eigenvalue weighted by atomic mass is 10.1. The molecule has 0 unspecified atom stereocenters. The van der Waals surface area contributed by atoms with E-state index in [9.17, 15) is 13.7 Å². The van der Waals surface area contributed by atoms with Crippen molar-refractivity contribution in [2.75, 3.05) is 18.0 Å². The Kier molecular flexibility index (Phi) is 7.18. The smallest absolute Gasteiger partial charge is 0.243 e. The molecule has 3 aromatic rings. The SMILES string of the molecule is N#Cc1ccc(N(Cc2ccccc2Cl)[C@H]2CCN(S(=O)(=O)c3ccc(Cl)cc3)C2)cc1Cl. The minimum atomic E-state index is -3.65. The maximum Gasteiger partial charge on any atom is 0.243 e. The molecule has 0 radical (unpaired) electrons. The highest BCUT2D eigenvalue weighted by molar-refractivity contribution is 7.89. The van der Waals surface area contributed by atoms with Gasteiger partial charge < -0.3 is 4.90 Å². The first-order valence-electron chi connectivity index (χ1n) is 10.2. The largest absolute Gasteiger partial charge is 0.363 e. The lowest BCUT2D eigenvalue weighted by Crippen LogP contribution is -2.38. The van der Waals surface area contributed by atoms with Gasteiger partial charge in [-0.3, -0.25) is 0 Å². The molecule has 0 spiro atoms. The highest BCUT2D eigenvalue weighted by Gasteiger charge is 2.35. The van der Waals surface area contributed by atoms with Gasteiger partial charge in [-0.15, -0.1) is 0 Å². The minimum absolute atomic E-state index is 0.104. The van der Waals surface area contributed by atoms with Crippen molar-refractivity contribution in [3.63, 3.8) is 0 Å². The van der Waals surface area contributed by atoms with Crippen LogP contribution in [0.5, 0.6) is 0 Å². The van der Waals surface area contributed by atoms with Crippen molar-refractivity contribution >= 4 is 50.5 Å². The number of nitriles is 1. The van der Waals surface area contributed by atoms with Crippen molar-refractivity contribution in [2.45, 2.75) is 23.9 Å². The van der Waals surface area contributed by atoms with E-state index < -0.39 is 10.0 Å². The van der Waals surface area contributed by atoms with Crippen LogP contribution in [0.4, 0.5) is 5.69 Å². The average molecular weight is 521 g/mol. The number of benzene rings is 3. The summed E-state index contributed by atoms with van der Waals surface area (Å²) in [6.07, 6.45) is 0.634. The molecule has 9 heteroatoms. The number of sulfonamides is 1. The molecule has 1 aliphatic rings. The summed E-state index contributed by atoms with van der Waals surface area (Å²) in [7, 11) is -3.65. The highest BCUT2D eigenvalue weighted by atomic mass is 35.5. The Morgan fingerprint density at radius 2 is 1.73 bits per heavy atom. The molecule has 0 bridgehead atoms. The second-order valence-corrected chi connectivity index (χ2v) is 10.9. The van der Waals surface area contributed by atoms with Crippen LogP contribution in [0.15, 0.2) is 71.6 Å². The van der Waals surface area contributed by atoms with Crippen LogP contribution in [0.2, 0.25) is 15.1 Å². The van der Waals surface area contributed by atoms with E-state index in [2.05, 4.69) is 11.0 Å². The standard InChI is InChI=1S/C24H20Cl3N3O2S/c25-19-6-9-22(10-7-19)33(31,32)29-12-11-21(16-29)30(15-18-3-1-2-4-23(18)26)20-8-5-17(14-28)24(27)13-20/h1-10,13,21H,11-12,15-16H2/t21-/m0/s1. The van der Waals surface area contributed by atoms with Crippen LogP contribution < -0.4 is 4.90 Å². The van der Waals surface area contributed by atoms with E-state index in [0.29, 0.717) is 46.7 Å². The molecule has 0 aromatic heterocycles. The molecule has 33 heavy (non-hydrogen) atoms. The first kappa shape index (κ1) is 23.9. The number of halogens is 3. The van der Waals surface area contributed by atoms with Gasteiger partial charge in [-0.1, -0.05) is 53.0 Å². The Labute approximate surface area is 208 Å². The molecule has 0 saturated carbocycles. The molecular weight excluding hydrogens is 501 g/mol. The first-order valence-corrected chi connectivity index (χ1v) is 12.8. The summed E-state index contributed by atoms with van der Waals surface area (Å²) in [6.45, 7) is 1.17. The summed E-state index contributed by atoms with van der Waals surface area (Å²) < 4.78 is 27.9. The quantitative estimate of drug-likeness (QED) is 0.400. The van der Waals surface area contributed by atoms with Gasteiger partial charge in [-0.05, 0) is 60.5 Å². The van der Waals surface area contributed by atoms with Crippen LogP contribution in [-0.2, 0) is 16.6 Å². The van der Waals surface area contributed by atoms with Gasteiger partial charge in [0.25, 0.3) is 0 Å². The Balaban J connectivity index is 1.65. The third kappa shape index (κ3) is 5.13. The highest BCUT2D eigenvalue weighted by Crippen LogP contribution is 2.32. The summed E-state index contributed by atoms with van der Waals surface area (Å²) in [6, 6.07) is 21.0. The van der Waals surface area contributed by atoms with Gasteiger partial charge in [-0.2, -0.15) is 9.57 Å². The van der Waals surface area contributed by atoms with E-state index in [0.717, 1.165) is 11.3 Å². The van der Waals surface area contributed by atoms with Crippen LogP contribution in [0, 0.1) is 11.3 Å². The van der Waals surface area contributed by atoms with Crippen LogP contribution in [0.3, 0.4) is 0 Å². The van der Waals surface area contributed by atoms with Crippen molar-refractivity contribution in [3.8, 4) is 6.07 Å². The molecule has 1 fully saturated rings. The maximum atomic E-state index is 13.2. The van der Waals surface area contributed by atoms with E-state index in [1.807, 2.05) is 30.3 Å². The van der Waals surface area contributed by atoms with Crippen LogP contribution in [0.25, 0.3) is 0 Å². The summed E-state index contributed by atoms with van der Waals surface area (Å²) >= 11 is 18.7. The van der Waals surface area contributed by atoms with Crippen LogP contribution >= 0.6 is 34.8 Å². The van der Waals surface area contributed by atoms with Crippen molar-refractivity contribution in [3.05, 3.63) is 92.9 Å². The first-order chi connectivity index (χ1) is 15.8. The second-order valence-electron chi connectivity index (χ2n) is 7.75. The lowest BCUT2D eigenvalue weighted by Gasteiger charge is -2.32. The normalized spacial score (nSPS) is 16.5. The van der Waals surface area contributed by atoms with Gasteiger partial charge in [0.1, 0.15) is 6.07 Å². The number of anilines is 1. The third-order valence-electron chi connectivity index (χ3n) is 5.72. The van der Waals surface area contributed by atoms with Crippen molar-refractivity contribution in [2.24, 2.45) is 0 Å². The van der Waals surface area contributed by atoms with E-state index in [1.54, 1.807) is 24.3 Å². The van der Waals surface area contributed by atoms with Gasteiger partial charge in [0, 0.05) is 41.4 Å². The van der Waals surface area contributed by atoms with E-state index in [-0.39, 0.29) is 10.9 Å². The molecule has 5 nitrogen and oxygen atoms in total. The molecule has 0 N–H and O–H groups in total. The van der Waals surface area contributed by atoms with Crippen molar-refractivity contribution < 1.29 is 8.42 Å². The Hall–Kier alpha value is -2.27. The topological polar surface area (TPSA) is 64.4 Å². The molecule has 0 aliphatic carbocycles. The minimum Gasteiger partial charge on any atom is -0.363 e. The fourth-order valence-electron chi connectivity index (χ4n) is 3.95. The zero-order valence-corrected chi connectivity index (χ0v) is 20.5. The van der Waals surface area contributed by atoms with E-state index >= 15 is 0 Å². The molecule has 170 valence electrons. The fraction of sp³-hybridized carbons (Fsp3) is 0.208. The molecule has 1 aliphatic heterocycles. The summed E-state index contributed by atoms with van der Waals surface area (Å²) in [5.74, 6) is 0. The van der Waals surface area contributed by atoms with Gasteiger partial charge in [0.05, 0.1) is 15.5 Å². The predicted molar refractivity (Wildman–Crippen MR) is 132 cm³/mol. The molecule has 4 rings (SSSR count). The van der Waals surface area contributed by atoms with Gasteiger partial charge in [-0.25, -0.2) is 8.42 Å². The maximum absolute atomic E-state index is 13.2. The second kappa shape index (κ2) is 9.92. The Bertz CT molecular complexity index is 1310. The summed E-state index contributed by atoms with van der Waals surface area (Å²) in [5, 5.41) is 10.7.